The van der Waals surface area contributed by atoms with Crippen LogP contribution in [0.4, 0.5) is 5.69 Å². The van der Waals surface area contributed by atoms with Crippen LogP contribution in [-0.2, 0) is 0 Å². The molecule has 0 spiro atoms. The molecule has 6 heteroatoms. The van der Waals surface area contributed by atoms with Crippen LogP contribution in [0.1, 0.15) is 12.0 Å². The normalized spacial score (nSPS) is 16.5. The molecule has 0 N–H and O–H groups in total. The van der Waals surface area contributed by atoms with Gasteiger partial charge in [0, 0.05) is 29.7 Å². The summed E-state index contributed by atoms with van der Waals surface area (Å²) in [6.45, 7) is 4.17. The first-order chi connectivity index (χ1) is 15.0. The van der Waals surface area contributed by atoms with Gasteiger partial charge in [-0.15, -0.1) is 11.3 Å². The zero-order valence-electron chi connectivity index (χ0n) is 18.1. The summed E-state index contributed by atoms with van der Waals surface area (Å²) in [4.78, 5) is 23.5. The first kappa shape index (κ1) is 20.0. The minimum atomic E-state index is -0.0186. The van der Waals surface area contributed by atoms with Crippen molar-refractivity contribution in [3.63, 3.8) is 0 Å². The van der Waals surface area contributed by atoms with Crippen LogP contribution in [0.5, 0.6) is 0 Å². The molecule has 158 valence electrons. The third kappa shape index (κ3) is 3.77. The van der Waals surface area contributed by atoms with Crippen molar-refractivity contribution in [2.75, 3.05) is 32.1 Å². The SMILES string of the molecule is Cc1ccc(-c2cc3ncn(-c4ccc(N5CCC(N(C)C)C5)cc4)c(=O)c3s2)cc1. The van der Waals surface area contributed by atoms with Gasteiger partial charge in [0.15, 0.2) is 0 Å². The van der Waals surface area contributed by atoms with E-state index in [0.717, 1.165) is 34.7 Å². The molecule has 5 nitrogen and oxygen atoms in total. The lowest BCUT2D eigenvalue weighted by atomic mass is 10.1. The van der Waals surface area contributed by atoms with Crippen molar-refractivity contribution < 1.29 is 0 Å². The largest absolute Gasteiger partial charge is 0.370 e. The highest BCUT2D eigenvalue weighted by Crippen LogP contribution is 2.31. The second kappa shape index (κ2) is 7.94. The molecule has 0 bridgehead atoms. The number of anilines is 1. The molecule has 3 heterocycles. The van der Waals surface area contributed by atoms with Crippen molar-refractivity contribution in [2.45, 2.75) is 19.4 Å². The van der Waals surface area contributed by atoms with Crippen LogP contribution in [0, 0.1) is 6.92 Å². The van der Waals surface area contributed by atoms with E-state index in [2.05, 4.69) is 72.2 Å². The number of aryl methyl sites for hydroxylation is 1. The zero-order chi connectivity index (χ0) is 21.5. The molecule has 0 aliphatic carbocycles. The van der Waals surface area contributed by atoms with Crippen molar-refractivity contribution >= 4 is 27.2 Å². The molecule has 0 amide bonds. The van der Waals surface area contributed by atoms with Gasteiger partial charge >= 0.3 is 0 Å². The molecule has 1 atom stereocenters. The minimum absolute atomic E-state index is 0.0186. The number of fused-ring (bicyclic) bond motifs is 1. The van der Waals surface area contributed by atoms with Gasteiger partial charge in [-0.3, -0.25) is 9.36 Å². The van der Waals surface area contributed by atoms with Crippen molar-refractivity contribution in [1.29, 1.82) is 0 Å². The summed E-state index contributed by atoms with van der Waals surface area (Å²) < 4.78 is 2.34. The van der Waals surface area contributed by atoms with Crippen molar-refractivity contribution in [1.82, 2.24) is 14.5 Å². The van der Waals surface area contributed by atoms with E-state index in [-0.39, 0.29) is 5.56 Å². The molecule has 0 saturated carbocycles. The number of rotatable bonds is 4. The van der Waals surface area contributed by atoms with Gasteiger partial charge in [0.2, 0.25) is 0 Å². The maximum atomic E-state index is 13.2. The van der Waals surface area contributed by atoms with E-state index in [4.69, 9.17) is 0 Å². The fourth-order valence-corrected chi connectivity index (χ4v) is 5.22. The topological polar surface area (TPSA) is 41.4 Å². The Morgan fingerprint density at radius 2 is 1.74 bits per heavy atom. The summed E-state index contributed by atoms with van der Waals surface area (Å²) in [5.41, 5.74) is 5.12. The average Bonchev–Trinajstić information content (AvgIpc) is 3.43. The second-order valence-electron chi connectivity index (χ2n) is 8.48. The van der Waals surface area contributed by atoms with Crippen molar-refractivity contribution in [3.8, 4) is 16.1 Å². The van der Waals surface area contributed by atoms with Crippen LogP contribution in [0.3, 0.4) is 0 Å². The molecule has 1 fully saturated rings. The van der Waals surface area contributed by atoms with E-state index < -0.39 is 0 Å². The molecule has 5 rings (SSSR count). The van der Waals surface area contributed by atoms with Gasteiger partial charge in [-0.2, -0.15) is 0 Å². The van der Waals surface area contributed by atoms with Crippen LogP contribution < -0.4 is 10.5 Å². The number of thiophene rings is 1. The lowest BCUT2D eigenvalue weighted by Gasteiger charge is -2.22. The zero-order valence-corrected chi connectivity index (χ0v) is 18.9. The molecule has 31 heavy (non-hydrogen) atoms. The van der Waals surface area contributed by atoms with E-state index >= 15 is 0 Å². The molecule has 1 aliphatic rings. The summed E-state index contributed by atoms with van der Waals surface area (Å²) in [6.07, 6.45) is 2.82. The summed E-state index contributed by atoms with van der Waals surface area (Å²) in [6, 6.07) is 19.2. The number of hydrogen-bond acceptors (Lipinski definition) is 5. The smallest absolute Gasteiger partial charge is 0.275 e. The van der Waals surface area contributed by atoms with Gasteiger partial charge in [-0.1, -0.05) is 29.8 Å². The van der Waals surface area contributed by atoms with Crippen LogP contribution in [0.25, 0.3) is 26.3 Å². The van der Waals surface area contributed by atoms with Gasteiger partial charge in [0.05, 0.1) is 11.2 Å². The number of aromatic nitrogens is 2. The first-order valence-electron chi connectivity index (χ1n) is 10.6. The Morgan fingerprint density at radius 3 is 2.42 bits per heavy atom. The van der Waals surface area contributed by atoms with Crippen LogP contribution in [0.2, 0.25) is 0 Å². The highest BCUT2D eigenvalue weighted by Gasteiger charge is 2.24. The molecule has 1 unspecified atom stereocenters. The molecule has 0 radical (unpaired) electrons. The van der Waals surface area contributed by atoms with E-state index in [1.54, 1.807) is 10.9 Å². The fourth-order valence-electron chi connectivity index (χ4n) is 4.18. The molecule has 1 saturated heterocycles. The lowest BCUT2D eigenvalue weighted by molar-refractivity contribution is 0.315. The van der Waals surface area contributed by atoms with Gasteiger partial charge in [-0.05, 0) is 63.3 Å². The number of likely N-dealkylation sites (N-methyl/N-ethyl adjacent to an activating group) is 1. The Bertz CT molecular complexity index is 1270. The Labute approximate surface area is 186 Å². The highest BCUT2D eigenvalue weighted by molar-refractivity contribution is 7.22. The number of benzene rings is 2. The number of nitrogens with zero attached hydrogens (tertiary/aromatic N) is 4. The highest BCUT2D eigenvalue weighted by atomic mass is 32.1. The van der Waals surface area contributed by atoms with Gasteiger partial charge in [0.25, 0.3) is 5.56 Å². The third-order valence-electron chi connectivity index (χ3n) is 6.16. The Kier molecular flexibility index (Phi) is 5.12. The Hall–Kier alpha value is -2.96. The molecular formula is C25H26N4OS. The number of hydrogen-bond donors (Lipinski definition) is 0. The summed E-state index contributed by atoms with van der Waals surface area (Å²) in [5.74, 6) is 0. The van der Waals surface area contributed by atoms with Crippen LogP contribution in [-0.4, -0.2) is 47.7 Å². The van der Waals surface area contributed by atoms with E-state index in [1.165, 1.54) is 29.0 Å². The first-order valence-corrected chi connectivity index (χ1v) is 11.4. The van der Waals surface area contributed by atoms with Crippen LogP contribution >= 0.6 is 11.3 Å². The molecular weight excluding hydrogens is 404 g/mol. The molecule has 4 aromatic rings. The molecule has 1 aliphatic heterocycles. The fraction of sp³-hybridized carbons (Fsp3) is 0.280. The maximum absolute atomic E-state index is 13.2. The molecule has 2 aromatic heterocycles. The van der Waals surface area contributed by atoms with Gasteiger partial charge < -0.3 is 9.80 Å². The van der Waals surface area contributed by atoms with E-state index in [1.807, 2.05) is 18.2 Å². The minimum Gasteiger partial charge on any atom is -0.370 e. The quantitative estimate of drug-likeness (QED) is 0.476. The second-order valence-corrected chi connectivity index (χ2v) is 9.53. The predicted octanol–water partition coefficient (Wildman–Crippen LogP) is 4.56. The summed E-state index contributed by atoms with van der Waals surface area (Å²) >= 11 is 1.51. The Morgan fingerprint density at radius 1 is 1.03 bits per heavy atom. The third-order valence-corrected chi connectivity index (χ3v) is 7.32. The summed E-state index contributed by atoms with van der Waals surface area (Å²) in [7, 11) is 4.28. The standard InChI is InChI=1S/C25H26N4OS/c1-17-4-6-18(7-5-17)23-14-22-24(31-23)25(30)29(16-26-22)20-10-8-19(9-11-20)28-13-12-21(15-28)27(2)3/h4-11,14,16,21H,12-13,15H2,1-3H3. The predicted molar refractivity (Wildman–Crippen MR) is 130 cm³/mol. The molecule has 2 aromatic carbocycles. The van der Waals surface area contributed by atoms with Crippen molar-refractivity contribution in [3.05, 3.63) is 76.8 Å². The van der Waals surface area contributed by atoms with Gasteiger partial charge in [0.1, 0.15) is 11.0 Å². The summed E-state index contributed by atoms with van der Waals surface area (Å²) in [5, 5.41) is 0. The average molecular weight is 431 g/mol. The van der Waals surface area contributed by atoms with E-state index in [9.17, 15) is 4.79 Å². The maximum Gasteiger partial charge on any atom is 0.275 e. The van der Waals surface area contributed by atoms with Gasteiger partial charge in [-0.25, -0.2) is 4.98 Å². The monoisotopic (exact) mass is 430 g/mol. The van der Waals surface area contributed by atoms with Crippen molar-refractivity contribution in [2.24, 2.45) is 0 Å². The van der Waals surface area contributed by atoms with E-state index in [0.29, 0.717) is 10.7 Å². The van der Waals surface area contributed by atoms with Crippen LogP contribution in [0.15, 0.2) is 65.7 Å². The lowest BCUT2D eigenvalue weighted by Crippen LogP contribution is -2.31. The Balaban J connectivity index is 1.44.